The molecule has 0 atom stereocenters. The zero-order valence-electron chi connectivity index (χ0n) is 5.15. The van der Waals surface area contributed by atoms with Gasteiger partial charge in [0.2, 0.25) is 0 Å². The first kappa shape index (κ1) is 5.28. The number of fused-ring (bicyclic) bond motifs is 1. The van der Waals surface area contributed by atoms with E-state index < -0.39 is 0 Å². The van der Waals surface area contributed by atoms with Gasteiger partial charge in [0.05, 0.1) is 6.21 Å². The molecule has 0 amide bonds. The number of aromatic nitrogens is 2. The average Bonchev–Trinajstić information content (AvgIpc) is 2.34. The van der Waals surface area contributed by atoms with E-state index in [1.165, 1.54) is 6.33 Å². The van der Waals surface area contributed by atoms with Crippen molar-refractivity contribution >= 4 is 12.0 Å². The molecule has 0 saturated carbocycles. The lowest BCUT2D eigenvalue weighted by Gasteiger charge is -2.06. The highest BCUT2D eigenvalue weighted by Crippen LogP contribution is 2.12. The van der Waals surface area contributed by atoms with Crippen molar-refractivity contribution in [2.75, 3.05) is 12.0 Å². The van der Waals surface area contributed by atoms with E-state index in [-0.39, 0.29) is 0 Å². The molecule has 2 rings (SSSR count). The third-order valence-electron chi connectivity index (χ3n) is 1.33. The SMILES string of the molecule is On1cnc2c1NCN=C2. The van der Waals surface area contributed by atoms with Crippen LogP contribution in [0.25, 0.3) is 0 Å². The molecular formula is C5H6N4O. The van der Waals surface area contributed by atoms with Gasteiger partial charge in [0.15, 0.2) is 5.82 Å². The van der Waals surface area contributed by atoms with Gasteiger partial charge in [-0.1, -0.05) is 0 Å². The van der Waals surface area contributed by atoms with E-state index in [1.807, 2.05) is 0 Å². The topological polar surface area (TPSA) is 62.4 Å². The van der Waals surface area contributed by atoms with Crippen LogP contribution in [-0.2, 0) is 0 Å². The Morgan fingerprint density at radius 3 is 3.40 bits per heavy atom. The van der Waals surface area contributed by atoms with Gasteiger partial charge in [-0.05, 0) is 0 Å². The summed E-state index contributed by atoms with van der Waals surface area (Å²) < 4.78 is 0.945. The average molecular weight is 138 g/mol. The Morgan fingerprint density at radius 1 is 1.70 bits per heavy atom. The smallest absolute Gasteiger partial charge is 0.172 e. The monoisotopic (exact) mass is 138 g/mol. The molecule has 0 aromatic carbocycles. The summed E-state index contributed by atoms with van der Waals surface area (Å²) in [6, 6.07) is 0. The van der Waals surface area contributed by atoms with Gasteiger partial charge in [-0.2, -0.15) is 4.73 Å². The van der Waals surface area contributed by atoms with E-state index >= 15 is 0 Å². The van der Waals surface area contributed by atoms with Crippen molar-refractivity contribution in [1.82, 2.24) is 9.71 Å². The molecular weight excluding hydrogens is 132 g/mol. The number of anilines is 1. The van der Waals surface area contributed by atoms with Crippen LogP contribution in [0.5, 0.6) is 0 Å². The summed E-state index contributed by atoms with van der Waals surface area (Å²) in [5, 5.41) is 11.9. The normalized spacial score (nSPS) is 14.4. The number of hydrogen-bond donors (Lipinski definition) is 2. The van der Waals surface area contributed by atoms with Gasteiger partial charge in [0, 0.05) is 0 Å². The molecule has 1 aliphatic rings. The standard InChI is InChI=1S/C5H6N4O/c10-9-3-8-4-1-6-2-7-5(4)9/h1,3,7,10H,2H2. The van der Waals surface area contributed by atoms with E-state index in [2.05, 4.69) is 15.3 Å². The highest BCUT2D eigenvalue weighted by atomic mass is 16.5. The maximum Gasteiger partial charge on any atom is 0.172 e. The van der Waals surface area contributed by atoms with Crippen LogP contribution < -0.4 is 5.32 Å². The lowest BCUT2D eigenvalue weighted by atomic mass is 10.4. The largest absolute Gasteiger partial charge is 0.425 e. The number of rotatable bonds is 0. The van der Waals surface area contributed by atoms with E-state index in [9.17, 15) is 0 Å². The highest BCUT2D eigenvalue weighted by molar-refractivity contribution is 5.85. The molecule has 0 fully saturated rings. The van der Waals surface area contributed by atoms with Gasteiger partial charge in [-0.25, -0.2) is 4.98 Å². The van der Waals surface area contributed by atoms with Crippen LogP contribution in [0.1, 0.15) is 5.69 Å². The van der Waals surface area contributed by atoms with Gasteiger partial charge in [-0.15, -0.1) is 0 Å². The van der Waals surface area contributed by atoms with Crippen LogP contribution >= 0.6 is 0 Å². The number of imidazole rings is 1. The van der Waals surface area contributed by atoms with E-state index in [1.54, 1.807) is 6.21 Å². The van der Waals surface area contributed by atoms with Crippen molar-refractivity contribution in [2.45, 2.75) is 0 Å². The van der Waals surface area contributed by atoms with Crippen LogP contribution in [-0.4, -0.2) is 27.8 Å². The van der Waals surface area contributed by atoms with Gasteiger partial charge in [0.1, 0.15) is 18.7 Å². The molecule has 0 unspecified atom stereocenters. The van der Waals surface area contributed by atoms with Gasteiger partial charge in [0.25, 0.3) is 0 Å². The second kappa shape index (κ2) is 1.73. The summed E-state index contributed by atoms with van der Waals surface area (Å²) >= 11 is 0. The first-order chi connectivity index (χ1) is 4.88. The van der Waals surface area contributed by atoms with Crippen molar-refractivity contribution in [1.29, 1.82) is 0 Å². The zero-order chi connectivity index (χ0) is 6.97. The lowest BCUT2D eigenvalue weighted by molar-refractivity contribution is 0.191. The minimum Gasteiger partial charge on any atom is -0.425 e. The first-order valence-electron chi connectivity index (χ1n) is 2.88. The van der Waals surface area contributed by atoms with Crippen LogP contribution in [0.3, 0.4) is 0 Å². The number of hydrogen-bond acceptors (Lipinski definition) is 4. The van der Waals surface area contributed by atoms with E-state index in [0.717, 1.165) is 4.73 Å². The molecule has 10 heavy (non-hydrogen) atoms. The third kappa shape index (κ3) is 0.570. The van der Waals surface area contributed by atoms with Gasteiger partial charge in [-0.3, -0.25) is 4.99 Å². The van der Waals surface area contributed by atoms with Crippen LogP contribution in [0, 0.1) is 0 Å². The van der Waals surface area contributed by atoms with Gasteiger partial charge < -0.3 is 10.5 Å². The van der Waals surface area contributed by atoms with E-state index in [4.69, 9.17) is 5.21 Å². The molecule has 0 saturated heterocycles. The first-order valence-corrected chi connectivity index (χ1v) is 2.88. The predicted molar refractivity (Wildman–Crippen MR) is 35.5 cm³/mol. The summed E-state index contributed by atoms with van der Waals surface area (Å²) in [4.78, 5) is 7.77. The lowest BCUT2D eigenvalue weighted by Crippen LogP contribution is -2.10. The quantitative estimate of drug-likeness (QED) is 0.493. The van der Waals surface area contributed by atoms with Crippen molar-refractivity contribution in [3.63, 3.8) is 0 Å². The number of nitrogens with zero attached hydrogens (tertiary/aromatic N) is 3. The third-order valence-corrected chi connectivity index (χ3v) is 1.33. The maximum atomic E-state index is 9.03. The van der Waals surface area contributed by atoms with Crippen LogP contribution in [0.15, 0.2) is 11.3 Å². The molecule has 2 N–H and O–H groups in total. The minimum absolute atomic E-state index is 0.499. The predicted octanol–water partition coefficient (Wildman–Crippen LogP) is -0.0777. The molecule has 52 valence electrons. The van der Waals surface area contributed by atoms with Gasteiger partial charge >= 0.3 is 0 Å². The molecule has 0 spiro atoms. The number of nitrogens with one attached hydrogen (secondary N) is 1. The van der Waals surface area contributed by atoms with E-state index in [0.29, 0.717) is 18.2 Å². The summed E-state index contributed by atoms with van der Waals surface area (Å²) in [5.41, 5.74) is 0.675. The van der Waals surface area contributed by atoms with Crippen molar-refractivity contribution < 1.29 is 5.21 Å². The van der Waals surface area contributed by atoms with Crippen LogP contribution in [0.2, 0.25) is 0 Å². The molecule has 0 radical (unpaired) electrons. The molecule has 5 nitrogen and oxygen atoms in total. The second-order valence-corrected chi connectivity index (χ2v) is 1.97. The van der Waals surface area contributed by atoms with Crippen molar-refractivity contribution in [2.24, 2.45) is 4.99 Å². The molecule has 0 aliphatic carbocycles. The maximum absolute atomic E-state index is 9.03. The Morgan fingerprint density at radius 2 is 2.60 bits per heavy atom. The fourth-order valence-electron chi connectivity index (χ4n) is 0.872. The fraction of sp³-hybridized carbons (Fsp3) is 0.200. The minimum atomic E-state index is 0.499. The summed E-state index contributed by atoms with van der Waals surface area (Å²) in [5.74, 6) is 0.606. The number of aliphatic imine (C=N–C) groups is 1. The Labute approximate surface area is 57.0 Å². The zero-order valence-corrected chi connectivity index (χ0v) is 5.15. The van der Waals surface area contributed by atoms with Crippen molar-refractivity contribution in [3.8, 4) is 0 Å². The Hall–Kier alpha value is -1.52. The Kier molecular flexibility index (Phi) is 0.913. The van der Waals surface area contributed by atoms with Crippen molar-refractivity contribution in [3.05, 3.63) is 12.0 Å². The Balaban J connectivity index is 2.57. The molecule has 2 heterocycles. The summed E-state index contributed by atoms with van der Waals surface area (Å²) in [6.45, 7) is 0.499. The highest BCUT2D eigenvalue weighted by Gasteiger charge is 2.09. The second-order valence-electron chi connectivity index (χ2n) is 1.97. The molecule has 0 bridgehead atoms. The molecule has 1 aromatic heterocycles. The molecule has 5 heteroatoms. The Bertz CT molecular complexity index is 277. The molecule has 1 aliphatic heterocycles. The summed E-state index contributed by atoms with van der Waals surface area (Å²) in [7, 11) is 0. The fourth-order valence-corrected chi connectivity index (χ4v) is 0.872. The summed E-state index contributed by atoms with van der Waals surface area (Å²) in [6.07, 6.45) is 2.95. The molecule has 1 aromatic rings. The van der Waals surface area contributed by atoms with Crippen LogP contribution in [0.4, 0.5) is 5.82 Å².